The van der Waals surface area contributed by atoms with Gasteiger partial charge >= 0.3 is 5.97 Å². The molecule has 100 valence electrons. The lowest BCUT2D eigenvalue weighted by Gasteiger charge is -2.21. The topological polar surface area (TPSA) is 46.6 Å². The third kappa shape index (κ3) is 2.74. The van der Waals surface area contributed by atoms with Crippen molar-refractivity contribution in [3.63, 3.8) is 0 Å². The van der Waals surface area contributed by atoms with E-state index >= 15 is 0 Å². The first-order chi connectivity index (χ1) is 8.59. The fourth-order valence-corrected chi connectivity index (χ4v) is 2.88. The highest BCUT2D eigenvalue weighted by Gasteiger charge is 2.29. The van der Waals surface area contributed by atoms with E-state index in [0.29, 0.717) is 0 Å². The average Bonchev–Trinajstić information content (AvgIpc) is 2.97. The van der Waals surface area contributed by atoms with Gasteiger partial charge in [-0.1, -0.05) is 0 Å². The molecule has 4 nitrogen and oxygen atoms in total. The van der Waals surface area contributed by atoms with E-state index < -0.39 is 12.1 Å². The monoisotopic (exact) mass is 251 g/mol. The zero-order chi connectivity index (χ0) is 13.1. The van der Waals surface area contributed by atoms with E-state index in [-0.39, 0.29) is 5.78 Å². The highest BCUT2D eigenvalue weighted by molar-refractivity contribution is 6.00. The van der Waals surface area contributed by atoms with Crippen LogP contribution in [0.4, 0.5) is 0 Å². The van der Waals surface area contributed by atoms with E-state index in [4.69, 9.17) is 4.74 Å². The van der Waals surface area contributed by atoms with Crippen LogP contribution in [0.2, 0.25) is 0 Å². The molecule has 0 amide bonds. The number of nitrogens with zero attached hydrogens (tertiary/aromatic N) is 1. The van der Waals surface area contributed by atoms with E-state index in [1.54, 1.807) is 6.92 Å². The van der Waals surface area contributed by atoms with E-state index in [2.05, 4.69) is 4.90 Å². The van der Waals surface area contributed by atoms with Crippen LogP contribution in [0.25, 0.3) is 0 Å². The largest absolute Gasteiger partial charge is 0.454 e. The smallest absolute Gasteiger partial charge is 0.303 e. The summed E-state index contributed by atoms with van der Waals surface area (Å²) in [6, 6.07) is 0. The molecule has 0 aromatic carbocycles. The van der Waals surface area contributed by atoms with Crippen LogP contribution in [0, 0.1) is 0 Å². The number of hydrogen-bond acceptors (Lipinski definition) is 4. The molecule has 0 saturated carbocycles. The number of ketones is 1. The lowest BCUT2D eigenvalue weighted by Crippen LogP contribution is -2.27. The summed E-state index contributed by atoms with van der Waals surface area (Å²) in [6.45, 7) is 5.13. The van der Waals surface area contributed by atoms with E-state index in [9.17, 15) is 9.59 Å². The van der Waals surface area contributed by atoms with Crippen LogP contribution in [-0.4, -0.2) is 35.8 Å². The van der Waals surface area contributed by atoms with Gasteiger partial charge in [0.05, 0.1) is 0 Å². The zero-order valence-corrected chi connectivity index (χ0v) is 11.2. The van der Waals surface area contributed by atoms with Gasteiger partial charge in [0.15, 0.2) is 6.10 Å². The number of Topliss-reactive ketones (excluding diaryl/α,β-unsaturated/α-hetero) is 1. The van der Waals surface area contributed by atoms with Crippen LogP contribution in [0.1, 0.15) is 46.0 Å². The number of carbonyl (C=O) groups excluding carboxylic acids is 2. The molecule has 0 aromatic heterocycles. The molecule has 1 saturated heterocycles. The molecule has 2 aliphatic rings. The maximum atomic E-state index is 12.3. The van der Waals surface area contributed by atoms with Crippen molar-refractivity contribution in [2.75, 3.05) is 13.1 Å². The predicted octanol–water partition coefficient (Wildman–Crippen LogP) is 2.04. The van der Waals surface area contributed by atoms with Gasteiger partial charge in [0.1, 0.15) is 0 Å². The maximum absolute atomic E-state index is 12.3. The Labute approximate surface area is 108 Å². The third-order valence-electron chi connectivity index (χ3n) is 3.69. The molecule has 1 aliphatic heterocycles. The number of rotatable bonds is 4. The fourth-order valence-electron chi connectivity index (χ4n) is 2.88. The number of ether oxygens (including phenoxy) is 1. The highest BCUT2D eigenvalue weighted by Crippen LogP contribution is 2.32. The fraction of sp³-hybridized carbons (Fsp3) is 0.714. The number of likely N-dealkylation sites (tertiary alicyclic amines) is 1. The summed E-state index contributed by atoms with van der Waals surface area (Å²) in [7, 11) is 0. The van der Waals surface area contributed by atoms with Crippen LogP contribution < -0.4 is 0 Å². The second-order valence-electron chi connectivity index (χ2n) is 5.09. The van der Waals surface area contributed by atoms with Gasteiger partial charge in [-0.15, -0.1) is 0 Å². The summed E-state index contributed by atoms with van der Waals surface area (Å²) in [5.74, 6) is -0.401. The average molecular weight is 251 g/mol. The van der Waals surface area contributed by atoms with Gasteiger partial charge in [0, 0.05) is 31.3 Å². The number of hydrogen-bond donors (Lipinski definition) is 0. The highest BCUT2D eigenvalue weighted by atomic mass is 16.5. The molecule has 0 bridgehead atoms. The normalized spacial score (nSPS) is 21.3. The molecule has 1 heterocycles. The van der Waals surface area contributed by atoms with Crippen LogP contribution in [0.3, 0.4) is 0 Å². The minimum atomic E-state index is -0.645. The molecule has 1 aliphatic carbocycles. The van der Waals surface area contributed by atoms with E-state index in [1.165, 1.54) is 25.5 Å². The summed E-state index contributed by atoms with van der Waals surface area (Å²) in [6.07, 6.45) is 4.65. The van der Waals surface area contributed by atoms with Gasteiger partial charge in [0.25, 0.3) is 0 Å². The molecular formula is C14H21NO3. The van der Waals surface area contributed by atoms with Crippen molar-refractivity contribution in [3.05, 3.63) is 11.3 Å². The van der Waals surface area contributed by atoms with E-state index in [1.807, 2.05) is 0 Å². The van der Waals surface area contributed by atoms with Crippen molar-refractivity contribution < 1.29 is 14.3 Å². The maximum Gasteiger partial charge on any atom is 0.303 e. The van der Waals surface area contributed by atoms with Gasteiger partial charge in [-0.05, 0) is 39.0 Å². The van der Waals surface area contributed by atoms with Crippen molar-refractivity contribution in [2.24, 2.45) is 0 Å². The van der Waals surface area contributed by atoms with Crippen LogP contribution in [0.15, 0.2) is 11.3 Å². The van der Waals surface area contributed by atoms with Crippen LogP contribution >= 0.6 is 0 Å². The zero-order valence-electron chi connectivity index (χ0n) is 11.2. The molecule has 0 spiro atoms. The Kier molecular flexibility index (Phi) is 4.04. The van der Waals surface area contributed by atoms with Gasteiger partial charge in [-0.3, -0.25) is 9.59 Å². The van der Waals surface area contributed by atoms with Crippen LogP contribution in [0.5, 0.6) is 0 Å². The molecule has 0 aromatic rings. The van der Waals surface area contributed by atoms with Gasteiger partial charge in [-0.25, -0.2) is 0 Å². The summed E-state index contributed by atoms with van der Waals surface area (Å²) >= 11 is 0. The quantitative estimate of drug-likeness (QED) is 0.717. The SMILES string of the molecule is CC(=O)O[C@@H](C)C(=O)C1=C(N2CCCC2)CCC1. The van der Waals surface area contributed by atoms with Gasteiger partial charge < -0.3 is 9.64 Å². The van der Waals surface area contributed by atoms with Crippen molar-refractivity contribution >= 4 is 11.8 Å². The molecule has 0 unspecified atom stereocenters. The predicted molar refractivity (Wildman–Crippen MR) is 67.9 cm³/mol. The van der Waals surface area contributed by atoms with Crippen molar-refractivity contribution in [3.8, 4) is 0 Å². The molecule has 2 rings (SSSR count). The standard InChI is InChI=1S/C14H21NO3/c1-10(18-11(2)16)14(17)12-6-5-7-13(12)15-8-3-4-9-15/h10H,3-9H2,1-2H3/t10-/m0/s1. The van der Waals surface area contributed by atoms with E-state index in [0.717, 1.165) is 37.9 Å². The van der Waals surface area contributed by atoms with Crippen molar-refractivity contribution in [1.29, 1.82) is 0 Å². The Hall–Kier alpha value is -1.32. The Morgan fingerprint density at radius 2 is 1.83 bits per heavy atom. The second kappa shape index (κ2) is 5.55. The molecule has 0 radical (unpaired) electrons. The minimum absolute atomic E-state index is 0.00963. The first kappa shape index (κ1) is 13.1. The molecule has 18 heavy (non-hydrogen) atoms. The Bertz CT molecular complexity index is 381. The second-order valence-corrected chi connectivity index (χ2v) is 5.09. The Morgan fingerprint density at radius 3 is 2.44 bits per heavy atom. The van der Waals surface area contributed by atoms with Gasteiger partial charge in [0.2, 0.25) is 5.78 Å². The first-order valence-corrected chi connectivity index (χ1v) is 6.78. The number of carbonyl (C=O) groups is 2. The summed E-state index contributed by atoms with van der Waals surface area (Å²) in [5, 5.41) is 0. The van der Waals surface area contributed by atoms with Crippen molar-refractivity contribution in [2.45, 2.75) is 52.1 Å². The van der Waals surface area contributed by atoms with Gasteiger partial charge in [-0.2, -0.15) is 0 Å². The molecule has 1 fully saturated rings. The summed E-state index contributed by atoms with van der Waals surface area (Å²) in [4.78, 5) is 25.5. The number of allylic oxidation sites excluding steroid dienone is 1. The molecular weight excluding hydrogens is 230 g/mol. The lowest BCUT2D eigenvalue weighted by atomic mass is 10.1. The summed E-state index contributed by atoms with van der Waals surface area (Å²) < 4.78 is 4.99. The number of esters is 1. The third-order valence-corrected chi connectivity index (χ3v) is 3.69. The molecule has 1 atom stereocenters. The lowest BCUT2D eigenvalue weighted by molar-refractivity contribution is -0.150. The first-order valence-electron chi connectivity index (χ1n) is 6.78. The molecule has 4 heteroatoms. The Morgan fingerprint density at radius 1 is 1.17 bits per heavy atom. The summed E-state index contributed by atoms with van der Waals surface area (Å²) in [5.41, 5.74) is 2.10. The Balaban J connectivity index is 2.11. The van der Waals surface area contributed by atoms with Crippen molar-refractivity contribution in [1.82, 2.24) is 4.90 Å². The molecule has 0 N–H and O–H groups in total. The minimum Gasteiger partial charge on any atom is -0.454 e. The van der Waals surface area contributed by atoms with Crippen LogP contribution in [-0.2, 0) is 14.3 Å².